The maximum Gasteiger partial charge on any atom is 0.258 e. The Hall–Kier alpha value is -4.33. The van der Waals surface area contributed by atoms with Crippen molar-refractivity contribution in [2.45, 2.75) is 6.54 Å². The molecule has 4 rings (SSSR count). The second kappa shape index (κ2) is 10.3. The lowest BCUT2D eigenvalue weighted by Crippen LogP contribution is -2.28. The van der Waals surface area contributed by atoms with Gasteiger partial charge < -0.3 is 24.1 Å². The fraction of sp³-hybridized carbons (Fsp3) is 0.160. The average Bonchev–Trinajstić information content (AvgIpc) is 3.37. The number of amides is 1. The first-order valence-corrected chi connectivity index (χ1v) is 10.3. The second-order valence-electron chi connectivity index (χ2n) is 7.05. The van der Waals surface area contributed by atoms with E-state index in [9.17, 15) is 4.79 Å². The van der Waals surface area contributed by atoms with Crippen molar-refractivity contribution in [1.82, 2.24) is 15.5 Å². The van der Waals surface area contributed by atoms with Crippen molar-refractivity contribution in [2.24, 2.45) is 0 Å². The Balaban J connectivity index is 1.31. The largest absolute Gasteiger partial charge is 0.497 e. The molecule has 0 aliphatic rings. The third kappa shape index (κ3) is 5.48. The van der Waals surface area contributed by atoms with E-state index >= 15 is 0 Å². The fourth-order valence-electron chi connectivity index (χ4n) is 3.13. The maximum atomic E-state index is 12.1. The van der Waals surface area contributed by atoms with E-state index in [0.717, 1.165) is 28.2 Å². The van der Waals surface area contributed by atoms with Crippen molar-refractivity contribution in [1.29, 1.82) is 0 Å². The van der Waals surface area contributed by atoms with Gasteiger partial charge in [0.2, 0.25) is 5.82 Å². The predicted molar refractivity (Wildman–Crippen MR) is 122 cm³/mol. The van der Waals surface area contributed by atoms with Gasteiger partial charge in [0.05, 0.1) is 14.2 Å². The van der Waals surface area contributed by atoms with Gasteiger partial charge in [-0.1, -0.05) is 23.4 Å². The molecule has 0 aliphatic carbocycles. The van der Waals surface area contributed by atoms with Gasteiger partial charge in [-0.2, -0.15) is 4.98 Å². The number of nitrogens with zero attached hydrogens (tertiary/aromatic N) is 2. The van der Waals surface area contributed by atoms with Crippen LogP contribution < -0.4 is 19.5 Å². The number of benzene rings is 3. The summed E-state index contributed by atoms with van der Waals surface area (Å²) in [6.45, 7) is 0.259. The van der Waals surface area contributed by atoms with Gasteiger partial charge in [-0.15, -0.1) is 0 Å². The number of hydrogen-bond acceptors (Lipinski definition) is 7. The van der Waals surface area contributed by atoms with Crippen LogP contribution in [-0.2, 0) is 11.3 Å². The zero-order valence-corrected chi connectivity index (χ0v) is 18.3. The number of hydrogen-bond donors (Lipinski definition) is 1. The van der Waals surface area contributed by atoms with Crippen molar-refractivity contribution in [3.63, 3.8) is 0 Å². The molecular formula is C25H23N3O5. The van der Waals surface area contributed by atoms with Crippen LogP contribution in [0.2, 0.25) is 0 Å². The molecule has 0 bridgehead atoms. The summed E-state index contributed by atoms with van der Waals surface area (Å²) in [4.78, 5) is 16.6. The van der Waals surface area contributed by atoms with Gasteiger partial charge in [0.25, 0.3) is 11.8 Å². The first kappa shape index (κ1) is 21.9. The molecule has 168 valence electrons. The van der Waals surface area contributed by atoms with Crippen molar-refractivity contribution in [3.05, 3.63) is 78.4 Å². The second-order valence-corrected chi connectivity index (χ2v) is 7.05. The van der Waals surface area contributed by atoms with Gasteiger partial charge in [-0.3, -0.25) is 4.79 Å². The highest BCUT2D eigenvalue weighted by molar-refractivity contribution is 5.77. The topological polar surface area (TPSA) is 95.7 Å². The number of rotatable bonds is 9. The van der Waals surface area contributed by atoms with Crippen molar-refractivity contribution in [2.75, 3.05) is 20.8 Å². The zero-order valence-electron chi connectivity index (χ0n) is 18.3. The molecule has 8 nitrogen and oxygen atoms in total. The smallest absolute Gasteiger partial charge is 0.258 e. The molecule has 4 aromatic rings. The molecule has 1 aromatic heterocycles. The summed E-state index contributed by atoms with van der Waals surface area (Å²) in [6, 6.07) is 22.0. The van der Waals surface area contributed by atoms with Gasteiger partial charge in [0.15, 0.2) is 6.61 Å². The van der Waals surface area contributed by atoms with E-state index in [1.54, 1.807) is 38.5 Å². The van der Waals surface area contributed by atoms with E-state index in [1.165, 1.54) is 0 Å². The minimum atomic E-state index is -0.231. The molecule has 0 spiro atoms. The molecule has 8 heteroatoms. The highest BCUT2D eigenvalue weighted by atomic mass is 16.5. The quantitative estimate of drug-likeness (QED) is 0.414. The Morgan fingerprint density at radius 1 is 0.879 bits per heavy atom. The summed E-state index contributed by atoms with van der Waals surface area (Å²) in [5.41, 5.74) is 2.46. The first-order chi connectivity index (χ1) is 16.2. The van der Waals surface area contributed by atoms with Gasteiger partial charge in [0.1, 0.15) is 17.2 Å². The average molecular weight is 445 g/mol. The number of nitrogens with one attached hydrogen (secondary N) is 1. The van der Waals surface area contributed by atoms with Gasteiger partial charge in [-0.25, -0.2) is 0 Å². The number of carbonyl (C=O) groups is 1. The van der Waals surface area contributed by atoms with Crippen LogP contribution in [-0.4, -0.2) is 36.9 Å². The molecule has 3 aromatic carbocycles. The number of para-hydroxylation sites is 1. The Kier molecular flexibility index (Phi) is 6.84. The van der Waals surface area contributed by atoms with Gasteiger partial charge in [-0.05, 0) is 54.6 Å². The molecule has 33 heavy (non-hydrogen) atoms. The van der Waals surface area contributed by atoms with Crippen LogP contribution in [0.1, 0.15) is 5.56 Å². The summed E-state index contributed by atoms with van der Waals surface area (Å²) >= 11 is 0. The monoisotopic (exact) mass is 445 g/mol. The minimum Gasteiger partial charge on any atom is -0.497 e. The Morgan fingerprint density at radius 2 is 1.58 bits per heavy atom. The predicted octanol–water partition coefficient (Wildman–Crippen LogP) is 4.12. The molecule has 0 saturated heterocycles. The maximum absolute atomic E-state index is 12.1. The summed E-state index contributed by atoms with van der Waals surface area (Å²) in [6.07, 6.45) is 0. The molecule has 0 saturated carbocycles. The lowest BCUT2D eigenvalue weighted by atomic mass is 10.2. The van der Waals surface area contributed by atoms with Crippen LogP contribution in [0.15, 0.2) is 77.3 Å². The highest BCUT2D eigenvalue weighted by Crippen LogP contribution is 2.25. The molecular weight excluding hydrogens is 422 g/mol. The van der Waals surface area contributed by atoms with Crippen molar-refractivity contribution >= 4 is 5.91 Å². The highest BCUT2D eigenvalue weighted by Gasteiger charge is 2.11. The number of aromatic nitrogens is 2. The Morgan fingerprint density at radius 3 is 2.30 bits per heavy atom. The molecule has 1 heterocycles. The lowest BCUT2D eigenvalue weighted by molar-refractivity contribution is -0.123. The van der Waals surface area contributed by atoms with Gasteiger partial charge >= 0.3 is 0 Å². The Labute approximate surface area is 191 Å². The van der Waals surface area contributed by atoms with Crippen LogP contribution in [0.4, 0.5) is 0 Å². The van der Waals surface area contributed by atoms with Crippen LogP contribution in [0.25, 0.3) is 22.8 Å². The van der Waals surface area contributed by atoms with E-state index in [1.807, 2.05) is 48.5 Å². The van der Waals surface area contributed by atoms with E-state index < -0.39 is 0 Å². The lowest BCUT2D eigenvalue weighted by Gasteiger charge is -2.10. The number of methoxy groups -OCH3 is 2. The minimum absolute atomic E-state index is 0.101. The van der Waals surface area contributed by atoms with Crippen LogP contribution in [0.3, 0.4) is 0 Å². The normalized spacial score (nSPS) is 10.5. The van der Waals surface area contributed by atoms with E-state index in [-0.39, 0.29) is 12.5 Å². The number of ether oxygens (including phenoxy) is 3. The summed E-state index contributed by atoms with van der Waals surface area (Å²) < 4.78 is 21.4. The molecule has 0 unspecified atom stereocenters. The SMILES string of the molecule is COc1ccc(-c2noc(-c3ccc(OCC(=O)NCc4ccccc4OC)cc3)n2)cc1. The fourth-order valence-corrected chi connectivity index (χ4v) is 3.13. The molecule has 0 radical (unpaired) electrons. The molecule has 0 fully saturated rings. The van der Waals surface area contributed by atoms with Crippen molar-refractivity contribution < 1.29 is 23.5 Å². The zero-order chi connectivity index (χ0) is 23.0. The summed E-state index contributed by atoms with van der Waals surface area (Å²) in [5.74, 6) is 2.69. The third-order valence-corrected chi connectivity index (χ3v) is 4.91. The van der Waals surface area contributed by atoms with Crippen molar-refractivity contribution in [3.8, 4) is 40.1 Å². The summed E-state index contributed by atoms with van der Waals surface area (Å²) in [7, 11) is 3.21. The van der Waals surface area contributed by atoms with E-state index in [4.69, 9.17) is 18.7 Å². The number of carbonyl (C=O) groups excluding carboxylic acids is 1. The van der Waals surface area contributed by atoms with Crippen LogP contribution in [0, 0.1) is 0 Å². The molecule has 1 amide bonds. The Bertz CT molecular complexity index is 1200. The van der Waals surface area contributed by atoms with Crippen LogP contribution in [0.5, 0.6) is 17.2 Å². The molecule has 0 atom stereocenters. The van der Waals surface area contributed by atoms with Crippen LogP contribution >= 0.6 is 0 Å². The molecule has 0 aliphatic heterocycles. The van der Waals surface area contributed by atoms with E-state index in [0.29, 0.717) is 24.0 Å². The summed E-state index contributed by atoms with van der Waals surface area (Å²) in [5, 5.41) is 6.86. The third-order valence-electron chi connectivity index (χ3n) is 4.91. The standard InChI is InChI=1S/C25H23N3O5/c1-30-20-11-7-17(8-12-20)24-27-25(33-28-24)18-9-13-21(14-10-18)32-16-23(29)26-15-19-5-3-4-6-22(19)31-2/h3-14H,15-16H2,1-2H3,(H,26,29). The molecule has 1 N–H and O–H groups in total. The van der Waals surface area contributed by atoms with Gasteiger partial charge in [0, 0.05) is 23.2 Å². The van der Waals surface area contributed by atoms with E-state index in [2.05, 4.69) is 15.5 Å². The first-order valence-electron chi connectivity index (χ1n) is 10.3.